The molecule has 2 N–H and O–H groups in total. The van der Waals surface area contributed by atoms with E-state index in [1.165, 1.54) is 6.92 Å². The molecule has 0 fully saturated rings. The summed E-state index contributed by atoms with van der Waals surface area (Å²) in [5.74, 6) is -1.14. The highest BCUT2D eigenvalue weighted by molar-refractivity contribution is 5.85. The van der Waals surface area contributed by atoms with Crippen LogP contribution in [0, 0.1) is 6.92 Å². The van der Waals surface area contributed by atoms with E-state index in [0.717, 1.165) is 5.56 Å². The summed E-state index contributed by atoms with van der Waals surface area (Å²) in [6.45, 7) is 8.41. The monoisotopic (exact) mass is 279 g/mol. The maximum absolute atomic E-state index is 11.9. The van der Waals surface area contributed by atoms with Gasteiger partial charge in [0.25, 0.3) is 0 Å². The van der Waals surface area contributed by atoms with Crippen molar-refractivity contribution in [1.82, 2.24) is 5.32 Å². The number of benzene rings is 1. The summed E-state index contributed by atoms with van der Waals surface area (Å²) in [6.07, 6.45) is -0.759. The van der Waals surface area contributed by atoms with Crippen molar-refractivity contribution in [3.05, 3.63) is 35.4 Å². The zero-order valence-electron chi connectivity index (χ0n) is 12.5. The number of carboxylic acids is 1. The summed E-state index contributed by atoms with van der Waals surface area (Å²) in [5, 5.41) is 11.9. The van der Waals surface area contributed by atoms with E-state index < -0.39 is 23.2 Å². The van der Waals surface area contributed by atoms with Gasteiger partial charge in [-0.25, -0.2) is 9.59 Å². The Hall–Kier alpha value is -2.04. The Labute approximate surface area is 118 Å². The van der Waals surface area contributed by atoms with Crippen molar-refractivity contribution in [2.45, 2.75) is 45.8 Å². The molecule has 0 aliphatic heterocycles. The van der Waals surface area contributed by atoms with Crippen molar-refractivity contribution in [3.63, 3.8) is 0 Å². The second kappa shape index (κ2) is 5.53. The van der Waals surface area contributed by atoms with Crippen molar-refractivity contribution in [2.75, 3.05) is 0 Å². The number of carbonyl (C=O) groups is 2. The van der Waals surface area contributed by atoms with Gasteiger partial charge < -0.3 is 15.2 Å². The minimum absolute atomic E-state index is 0.526. The van der Waals surface area contributed by atoms with Crippen molar-refractivity contribution >= 4 is 12.1 Å². The highest BCUT2D eigenvalue weighted by Gasteiger charge is 2.39. The molecule has 0 bridgehead atoms. The molecule has 20 heavy (non-hydrogen) atoms. The Bertz CT molecular complexity index is 519. The minimum atomic E-state index is -1.53. The van der Waals surface area contributed by atoms with Gasteiger partial charge in [0.2, 0.25) is 0 Å². The predicted molar refractivity (Wildman–Crippen MR) is 75.5 cm³/mol. The van der Waals surface area contributed by atoms with Crippen LogP contribution in [-0.2, 0) is 15.1 Å². The zero-order valence-corrected chi connectivity index (χ0v) is 12.5. The molecule has 5 nitrogen and oxygen atoms in total. The molecule has 0 saturated carbocycles. The fraction of sp³-hybridized carbons (Fsp3) is 0.467. The van der Waals surface area contributed by atoms with Crippen LogP contribution in [0.15, 0.2) is 24.3 Å². The summed E-state index contributed by atoms with van der Waals surface area (Å²) in [4.78, 5) is 23.5. The zero-order chi connectivity index (χ0) is 15.6. The Kier molecular flexibility index (Phi) is 4.43. The Morgan fingerprint density at radius 3 is 2.15 bits per heavy atom. The molecule has 0 aliphatic rings. The van der Waals surface area contributed by atoms with E-state index in [1.54, 1.807) is 45.9 Å². The molecule has 1 aromatic carbocycles. The van der Waals surface area contributed by atoms with E-state index in [9.17, 15) is 14.7 Å². The molecule has 0 radical (unpaired) electrons. The molecule has 0 aliphatic carbocycles. The van der Waals surface area contributed by atoms with Crippen molar-refractivity contribution in [2.24, 2.45) is 0 Å². The molecule has 1 rings (SSSR count). The molecule has 0 unspecified atom stereocenters. The number of alkyl carbamates (subject to hydrolysis) is 1. The van der Waals surface area contributed by atoms with Crippen LogP contribution in [0.25, 0.3) is 0 Å². The number of carboxylic acid groups (broad SMARTS) is 1. The normalized spacial score (nSPS) is 14.2. The summed E-state index contributed by atoms with van der Waals surface area (Å²) in [7, 11) is 0. The van der Waals surface area contributed by atoms with E-state index >= 15 is 0 Å². The number of hydrogen-bond donors (Lipinski definition) is 2. The van der Waals surface area contributed by atoms with Gasteiger partial charge in [0.15, 0.2) is 5.54 Å². The van der Waals surface area contributed by atoms with Gasteiger partial charge >= 0.3 is 12.1 Å². The maximum atomic E-state index is 11.9. The molecular weight excluding hydrogens is 258 g/mol. The van der Waals surface area contributed by atoms with Gasteiger partial charge in [0, 0.05) is 0 Å². The largest absolute Gasteiger partial charge is 0.479 e. The number of aliphatic carboxylic acids is 1. The van der Waals surface area contributed by atoms with Crippen LogP contribution in [0.2, 0.25) is 0 Å². The smallest absolute Gasteiger partial charge is 0.408 e. The van der Waals surface area contributed by atoms with Gasteiger partial charge in [-0.2, -0.15) is 0 Å². The second-order valence-corrected chi connectivity index (χ2v) is 5.87. The Balaban J connectivity index is 3.09. The number of hydrogen-bond acceptors (Lipinski definition) is 3. The van der Waals surface area contributed by atoms with Gasteiger partial charge in [-0.1, -0.05) is 24.3 Å². The van der Waals surface area contributed by atoms with E-state index in [1.807, 2.05) is 6.07 Å². The quantitative estimate of drug-likeness (QED) is 0.892. The van der Waals surface area contributed by atoms with Crippen LogP contribution in [-0.4, -0.2) is 22.8 Å². The van der Waals surface area contributed by atoms with Crippen molar-refractivity contribution in [1.29, 1.82) is 0 Å². The third-order valence-electron chi connectivity index (χ3n) is 2.86. The first-order valence-electron chi connectivity index (χ1n) is 6.37. The van der Waals surface area contributed by atoms with Crippen LogP contribution in [0.4, 0.5) is 4.79 Å². The molecule has 1 aromatic rings. The van der Waals surface area contributed by atoms with Gasteiger partial charge in [0.05, 0.1) is 0 Å². The number of carbonyl (C=O) groups excluding carboxylic acids is 1. The van der Waals surface area contributed by atoms with E-state index in [-0.39, 0.29) is 0 Å². The number of aryl methyl sites for hydroxylation is 1. The number of amides is 1. The summed E-state index contributed by atoms with van der Waals surface area (Å²) < 4.78 is 5.13. The standard InChI is InChI=1S/C15H21NO4/c1-10-8-6-7-9-11(10)15(5,12(17)18)16-13(19)20-14(2,3)4/h6-9H,1-5H3,(H,16,19)(H,17,18)/t15-/m0/s1. The third-order valence-corrected chi connectivity index (χ3v) is 2.86. The lowest BCUT2D eigenvalue weighted by molar-refractivity contribution is -0.144. The predicted octanol–water partition coefficient (Wildman–Crippen LogP) is 2.82. The Morgan fingerprint density at radius 1 is 1.15 bits per heavy atom. The second-order valence-electron chi connectivity index (χ2n) is 5.87. The van der Waals surface area contributed by atoms with Crippen LogP contribution in [0.5, 0.6) is 0 Å². The first-order valence-corrected chi connectivity index (χ1v) is 6.37. The molecule has 110 valence electrons. The third kappa shape index (κ3) is 3.73. The van der Waals surface area contributed by atoms with Crippen LogP contribution in [0.3, 0.4) is 0 Å². The van der Waals surface area contributed by atoms with Gasteiger partial charge in [-0.15, -0.1) is 0 Å². The minimum Gasteiger partial charge on any atom is -0.479 e. The van der Waals surface area contributed by atoms with Crippen molar-refractivity contribution < 1.29 is 19.4 Å². The average molecular weight is 279 g/mol. The molecular formula is C15H21NO4. The molecule has 1 atom stereocenters. The molecule has 0 aromatic heterocycles. The molecule has 0 spiro atoms. The van der Waals surface area contributed by atoms with E-state index in [0.29, 0.717) is 5.56 Å². The fourth-order valence-electron chi connectivity index (χ4n) is 1.88. The van der Waals surface area contributed by atoms with Crippen LogP contribution >= 0.6 is 0 Å². The molecule has 0 saturated heterocycles. The molecule has 5 heteroatoms. The number of ether oxygens (including phenoxy) is 1. The first-order chi connectivity index (χ1) is 9.06. The summed E-state index contributed by atoms with van der Waals surface area (Å²) in [5.41, 5.74) is -0.907. The Morgan fingerprint density at radius 2 is 1.70 bits per heavy atom. The highest BCUT2D eigenvalue weighted by Crippen LogP contribution is 2.25. The van der Waals surface area contributed by atoms with E-state index in [2.05, 4.69) is 5.32 Å². The lowest BCUT2D eigenvalue weighted by Crippen LogP contribution is -2.51. The van der Waals surface area contributed by atoms with Gasteiger partial charge in [-0.3, -0.25) is 0 Å². The number of rotatable bonds is 3. The summed E-state index contributed by atoms with van der Waals surface area (Å²) in [6, 6.07) is 7.03. The van der Waals surface area contributed by atoms with E-state index in [4.69, 9.17) is 4.74 Å². The summed E-state index contributed by atoms with van der Waals surface area (Å²) >= 11 is 0. The van der Waals surface area contributed by atoms with Crippen LogP contribution in [0.1, 0.15) is 38.8 Å². The molecule has 0 heterocycles. The van der Waals surface area contributed by atoms with Gasteiger partial charge in [-0.05, 0) is 45.7 Å². The van der Waals surface area contributed by atoms with Gasteiger partial charge in [0.1, 0.15) is 5.60 Å². The highest BCUT2D eigenvalue weighted by atomic mass is 16.6. The fourth-order valence-corrected chi connectivity index (χ4v) is 1.88. The average Bonchev–Trinajstić information content (AvgIpc) is 2.26. The maximum Gasteiger partial charge on any atom is 0.408 e. The van der Waals surface area contributed by atoms with Crippen LogP contribution < -0.4 is 5.32 Å². The van der Waals surface area contributed by atoms with Crippen molar-refractivity contribution in [3.8, 4) is 0 Å². The SMILES string of the molecule is Cc1ccccc1[C@](C)(NC(=O)OC(C)(C)C)C(=O)O. The topological polar surface area (TPSA) is 75.6 Å². The lowest BCUT2D eigenvalue weighted by atomic mass is 9.89. The number of nitrogens with one attached hydrogen (secondary N) is 1. The lowest BCUT2D eigenvalue weighted by Gasteiger charge is -2.29. The molecule has 1 amide bonds. The first kappa shape index (κ1) is 16.0.